The van der Waals surface area contributed by atoms with Crippen LogP contribution in [0.4, 0.5) is 5.95 Å². The van der Waals surface area contributed by atoms with Crippen LogP contribution in [0.2, 0.25) is 5.02 Å². The number of rotatable bonds is 6. The maximum atomic E-state index is 6.08. The highest BCUT2D eigenvalue weighted by Crippen LogP contribution is 2.12. The molecule has 28 heavy (non-hydrogen) atoms. The van der Waals surface area contributed by atoms with E-state index >= 15 is 0 Å². The zero-order chi connectivity index (χ0) is 19.8. The quantitative estimate of drug-likeness (QED) is 0.589. The summed E-state index contributed by atoms with van der Waals surface area (Å²) < 4.78 is 0. The molecule has 1 aliphatic heterocycles. The highest BCUT2D eigenvalue weighted by Gasteiger charge is 2.18. The molecule has 0 saturated carbocycles. The van der Waals surface area contributed by atoms with Gasteiger partial charge in [0.05, 0.1) is 0 Å². The Kier molecular flexibility index (Phi) is 7.45. The lowest BCUT2D eigenvalue weighted by atomic mass is 10.2. The van der Waals surface area contributed by atoms with Gasteiger partial charge in [-0.3, -0.25) is 9.89 Å². The Morgan fingerprint density at radius 3 is 2.61 bits per heavy atom. The summed E-state index contributed by atoms with van der Waals surface area (Å²) in [5.74, 6) is 1.71. The topological polar surface area (TPSA) is 59.9 Å². The van der Waals surface area contributed by atoms with Gasteiger partial charge in [0, 0.05) is 77.3 Å². The van der Waals surface area contributed by atoms with Crippen LogP contribution < -0.4 is 10.2 Å². The molecule has 8 heteroatoms. The van der Waals surface area contributed by atoms with E-state index < -0.39 is 0 Å². The summed E-state index contributed by atoms with van der Waals surface area (Å²) in [5, 5.41) is 4.22. The van der Waals surface area contributed by atoms with E-state index in [9.17, 15) is 0 Å². The second-order valence-electron chi connectivity index (χ2n) is 6.84. The lowest BCUT2D eigenvalue weighted by Gasteiger charge is -2.34. The second-order valence-corrected chi connectivity index (χ2v) is 7.27. The summed E-state index contributed by atoms with van der Waals surface area (Å²) in [6.07, 6.45) is 3.59. The molecule has 0 bridgehead atoms. The van der Waals surface area contributed by atoms with E-state index in [4.69, 9.17) is 11.6 Å². The largest absolute Gasteiger partial charge is 0.355 e. The molecule has 0 aliphatic carbocycles. The Bertz CT molecular complexity index is 760. The third-order valence-electron chi connectivity index (χ3n) is 4.80. The molecule has 1 aromatic heterocycles. The Morgan fingerprint density at radius 1 is 1.18 bits per heavy atom. The van der Waals surface area contributed by atoms with Crippen LogP contribution in [-0.2, 0) is 6.54 Å². The number of hydrogen-bond donors (Lipinski definition) is 1. The van der Waals surface area contributed by atoms with Gasteiger partial charge in [-0.25, -0.2) is 9.97 Å². The first-order chi connectivity index (χ1) is 13.7. The van der Waals surface area contributed by atoms with Crippen molar-refractivity contribution in [1.29, 1.82) is 0 Å². The minimum atomic E-state index is 0.758. The maximum Gasteiger partial charge on any atom is 0.225 e. The first kappa shape index (κ1) is 20.4. The number of nitrogens with zero attached hydrogens (tertiary/aromatic N) is 6. The second kappa shape index (κ2) is 10.2. The molecule has 7 nitrogen and oxygen atoms in total. The molecule has 0 radical (unpaired) electrons. The van der Waals surface area contributed by atoms with Gasteiger partial charge in [-0.15, -0.1) is 0 Å². The summed E-state index contributed by atoms with van der Waals surface area (Å²) in [6, 6.07) is 9.78. The maximum absolute atomic E-state index is 6.08. The van der Waals surface area contributed by atoms with E-state index in [1.165, 1.54) is 0 Å². The molecular formula is C20H28ClN7. The highest BCUT2D eigenvalue weighted by molar-refractivity contribution is 6.30. The van der Waals surface area contributed by atoms with Crippen molar-refractivity contribution in [2.45, 2.75) is 6.54 Å². The Hall–Kier alpha value is -2.38. The molecule has 1 aromatic carbocycles. The van der Waals surface area contributed by atoms with E-state index in [-0.39, 0.29) is 0 Å². The zero-order valence-electron chi connectivity index (χ0n) is 16.6. The molecule has 3 rings (SSSR count). The number of hydrogen-bond acceptors (Lipinski definition) is 5. The van der Waals surface area contributed by atoms with Crippen LogP contribution in [0.25, 0.3) is 0 Å². The third kappa shape index (κ3) is 5.81. The smallest absolute Gasteiger partial charge is 0.225 e. The fourth-order valence-electron chi connectivity index (χ4n) is 3.32. The third-order valence-corrected chi connectivity index (χ3v) is 5.04. The molecule has 0 atom stereocenters. The van der Waals surface area contributed by atoms with Gasteiger partial charge in [0.1, 0.15) is 0 Å². The van der Waals surface area contributed by atoms with Crippen molar-refractivity contribution >= 4 is 23.5 Å². The Morgan fingerprint density at radius 2 is 1.93 bits per heavy atom. The van der Waals surface area contributed by atoms with E-state index in [0.29, 0.717) is 0 Å². The molecule has 0 amide bonds. The van der Waals surface area contributed by atoms with E-state index in [0.717, 1.165) is 68.3 Å². The predicted molar refractivity (Wildman–Crippen MR) is 115 cm³/mol. The summed E-state index contributed by atoms with van der Waals surface area (Å²) in [6.45, 7) is 6.52. The van der Waals surface area contributed by atoms with Crippen LogP contribution in [0.5, 0.6) is 0 Å². The number of benzene rings is 1. The van der Waals surface area contributed by atoms with Gasteiger partial charge in [0.15, 0.2) is 5.96 Å². The van der Waals surface area contributed by atoms with Gasteiger partial charge in [-0.1, -0.05) is 23.7 Å². The van der Waals surface area contributed by atoms with E-state index in [1.54, 1.807) is 12.4 Å². The van der Waals surface area contributed by atoms with E-state index in [1.807, 2.05) is 38.4 Å². The van der Waals surface area contributed by atoms with Crippen molar-refractivity contribution in [1.82, 2.24) is 25.1 Å². The molecule has 0 unspecified atom stereocenters. The molecule has 1 aliphatic rings. The van der Waals surface area contributed by atoms with E-state index in [2.05, 4.69) is 41.0 Å². The van der Waals surface area contributed by atoms with Crippen molar-refractivity contribution in [2.24, 2.45) is 4.99 Å². The molecular weight excluding hydrogens is 374 g/mol. The number of piperazine rings is 1. The molecule has 150 valence electrons. The SMILES string of the molecule is CN=C(NCCN1CCN(c2ncccn2)CC1)N(C)Cc1cccc(Cl)c1. The van der Waals surface area contributed by atoms with Crippen molar-refractivity contribution in [2.75, 3.05) is 58.3 Å². The van der Waals surface area contributed by atoms with Gasteiger partial charge in [-0.05, 0) is 23.8 Å². The molecule has 2 aromatic rings. The summed E-state index contributed by atoms with van der Waals surface area (Å²) in [7, 11) is 3.85. The standard InChI is InChI=1S/C20H28ClN7/c1-22-19(26(2)16-17-5-3-6-18(21)15-17)25-9-10-27-11-13-28(14-12-27)20-23-7-4-8-24-20/h3-8,15H,9-14,16H2,1-2H3,(H,22,25). The van der Waals surface area contributed by atoms with Crippen molar-refractivity contribution in [3.63, 3.8) is 0 Å². The lowest BCUT2D eigenvalue weighted by molar-refractivity contribution is 0.259. The number of aromatic nitrogens is 2. The van der Waals surface area contributed by atoms with Crippen molar-refractivity contribution < 1.29 is 0 Å². The van der Waals surface area contributed by atoms with Gasteiger partial charge >= 0.3 is 0 Å². The highest BCUT2D eigenvalue weighted by atomic mass is 35.5. The predicted octanol–water partition coefficient (Wildman–Crippen LogP) is 1.96. The van der Waals surface area contributed by atoms with Gasteiger partial charge < -0.3 is 15.1 Å². The molecule has 2 heterocycles. The summed E-state index contributed by atoms with van der Waals surface area (Å²) in [4.78, 5) is 19.9. The fraction of sp³-hybridized carbons (Fsp3) is 0.450. The lowest BCUT2D eigenvalue weighted by Crippen LogP contribution is -2.49. The van der Waals surface area contributed by atoms with Crippen LogP contribution in [0, 0.1) is 0 Å². The van der Waals surface area contributed by atoms with Crippen LogP contribution in [0.3, 0.4) is 0 Å². The van der Waals surface area contributed by atoms with Crippen LogP contribution in [0.1, 0.15) is 5.56 Å². The minimum absolute atomic E-state index is 0.758. The number of guanidine groups is 1. The normalized spacial score (nSPS) is 15.5. The molecule has 0 spiro atoms. The van der Waals surface area contributed by atoms with Gasteiger partial charge in [0.25, 0.3) is 0 Å². The Balaban J connectivity index is 1.40. The van der Waals surface area contributed by atoms with Gasteiger partial charge in [0.2, 0.25) is 5.95 Å². The average Bonchev–Trinajstić information content (AvgIpc) is 2.72. The fourth-order valence-corrected chi connectivity index (χ4v) is 3.53. The zero-order valence-corrected chi connectivity index (χ0v) is 17.3. The van der Waals surface area contributed by atoms with Crippen molar-refractivity contribution in [3.05, 3.63) is 53.3 Å². The first-order valence-electron chi connectivity index (χ1n) is 9.56. The Labute approximate surface area is 172 Å². The number of nitrogens with one attached hydrogen (secondary N) is 1. The summed E-state index contributed by atoms with van der Waals surface area (Å²) >= 11 is 6.08. The monoisotopic (exact) mass is 401 g/mol. The number of halogens is 1. The van der Waals surface area contributed by atoms with Crippen LogP contribution in [0.15, 0.2) is 47.7 Å². The number of aliphatic imine (C=N–C) groups is 1. The number of anilines is 1. The summed E-state index contributed by atoms with van der Waals surface area (Å²) in [5.41, 5.74) is 1.16. The van der Waals surface area contributed by atoms with Gasteiger partial charge in [-0.2, -0.15) is 0 Å². The van der Waals surface area contributed by atoms with Crippen molar-refractivity contribution in [3.8, 4) is 0 Å². The first-order valence-corrected chi connectivity index (χ1v) is 9.94. The molecule has 1 N–H and O–H groups in total. The minimum Gasteiger partial charge on any atom is -0.355 e. The van der Waals surface area contributed by atoms with Crippen LogP contribution >= 0.6 is 11.6 Å². The molecule has 1 fully saturated rings. The molecule has 1 saturated heterocycles. The average molecular weight is 402 g/mol. The van der Waals surface area contributed by atoms with Crippen LogP contribution in [-0.4, -0.2) is 79.1 Å².